The predicted octanol–water partition coefficient (Wildman–Crippen LogP) is 6.80. The molecule has 2 aromatic carbocycles. The van der Waals surface area contributed by atoms with Crippen LogP contribution < -0.4 is 5.32 Å². The number of hydrogen-bond acceptors (Lipinski definition) is 4. The number of likely N-dealkylation sites (N-methyl/N-ethyl adjacent to an activating group) is 1. The van der Waals surface area contributed by atoms with Crippen LogP contribution in [0.25, 0.3) is 11.3 Å². The van der Waals surface area contributed by atoms with Crippen LogP contribution >= 0.6 is 0 Å². The van der Waals surface area contributed by atoms with Crippen molar-refractivity contribution >= 4 is 15.9 Å². The summed E-state index contributed by atoms with van der Waals surface area (Å²) in [7, 11) is -4.21. The fourth-order valence-corrected chi connectivity index (χ4v) is 4.71. The minimum absolute atomic E-state index is 0.0222. The summed E-state index contributed by atoms with van der Waals surface area (Å²) >= 11 is 0. The summed E-state index contributed by atoms with van der Waals surface area (Å²) in [5.74, 6) is -1.50. The molecule has 0 spiro atoms. The molecule has 1 amide bonds. The average molecular weight is 568 g/mol. The number of sulfonamides is 1. The van der Waals surface area contributed by atoms with Crippen LogP contribution in [-0.2, 0) is 27.5 Å². The van der Waals surface area contributed by atoms with E-state index in [1.807, 2.05) is 27.7 Å². The van der Waals surface area contributed by atoms with Gasteiger partial charge in [-0.1, -0.05) is 52.5 Å². The van der Waals surface area contributed by atoms with Gasteiger partial charge in [-0.25, -0.2) is 12.8 Å². The molecular weight excluding hydrogens is 534 g/mol. The Morgan fingerprint density at radius 2 is 1.62 bits per heavy atom. The third kappa shape index (κ3) is 8.91. The smallest absolute Gasteiger partial charge is 0.347 e. The first-order valence-corrected chi connectivity index (χ1v) is 13.8. The Balaban J connectivity index is 0.00000181. The number of aromatic nitrogens is 1. The predicted molar refractivity (Wildman–Crippen MR) is 144 cm³/mol. The van der Waals surface area contributed by atoms with Gasteiger partial charge < -0.3 is 5.32 Å². The Labute approximate surface area is 227 Å². The topological polar surface area (TPSA) is 79.4 Å². The van der Waals surface area contributed by atoms with E-state index in [0.29, 0.717) is 16.8 Å². The van der Waals surface area contributed by atoms with Crippen molar-refractivity contribution < 1.29 is 30.8 Å². The standard InChI is InChI=1S/C24H21F4N3O3S.2C2H6/c1-3-31(35(33,34)21-6-4-5-20(25)14-21)16(2)23(32)30-15-17-11-12-29-22(13-17)18-7-9-19(10-8-18)24(26,27)28;2*1-2/h4-14H,2-3,15H2,1H3,(H,30,32);2*1-2H3. The zero-order valence-electron chi connectivity index (χ0n) is 22.5. The summed E-state index contributed by atoms with van der Waals surface area (Å²) in [6.45, 7) is 13.0. The molecule has 0 aliphatic carbocycles. The Morgan fingerprint density at radius 3 is 2.15 bits per heavy atom. The molecule has 0 bridgehead atoms. The van der Waals surface area contributed by atoms with Crippen molar-refractivity contribution in [3.05, 3.63) is 96.1 Å². The first-order valence-electron chi connectivity index (χ1n) is 12.3. The molecule has 1 N–H and O–H groups in total. The van der Waals surface area contributed by atoms with Crippen LogP contribution in [0.1, 0.15) is 45.7 Å². The monoisotopic (exact) mass is 567 g/mol. The van der Waals surface area contributed by atoms with Gasteiger partial charge in [0.2, 0.25) is 0 Å². The van der Waals surface area contributed by atoms with E-state index in [1.165, 1.54) is 37.4 Å². The maximum absolute atomic E-state index is 13.5. The maximum atomic E-state index is 13.5. The molecule has 3 aromatic rings. The highest BCUT2D eigenvalue weighted by Gasteiger charge is 2.30. The molecule has 0 saturated heterocycles. The number of benzene rings is 2. The molecule has 1 aromatic heterocycles. The lowest BCUT2D eigenvalue weighted by Gasteiger charge is -2.24. The van der Waals surface area contributed by atoms with Crippen LogP contribution in [0.15, 0.2) is 84.0 Å². The number of halogens is 4. The number of pyridine rings is 1. The van der Waals surface area contributed by atoms with E-state index in [-0.39, 0.29) is 23.7 Å². The summed E-state index contributed by atoms with van der Waals surface area (Å²) in [6.07, 6.45) is -3.01. The number of rotatable bonds is 8. The molecular formula is C28H33F4N3O3S. The van der Waals surface area contributed by atoms with Crippen molar-refractivity contribution in [2.24, 2.45) is 0 Å². The molecule has 0 fully saturated rings. The van der Waals surface area contributed by atoms with E-state index in [9.17, 15) is 30.8 Å². The lowest BCUT2D eigenvalue weighted by molar-refractivity contribution is -0.137. The minimum atomic E-state index is -4.45. The highest BCUT2D eigenvalue weighted by atomic mass is 32.2. The zero-order chi connectivity index (χ0) is 29.8. The van der Waals surface area contributed by atoms with Crippen LogP contribution in [0.2, 0.25) is 0 Å². The number of alkyl halides is 3. The van der Waals surface area contributed by atoms with Crippen molar-refractivity contribution in [3.8, 4) is 11.3 Å². The van der Waals surface area contributed by atoms with E-state index in [1.54, 1.807) is 12.1 Å². The van der Waals surface area contributed by atoms with E-state index in [4.69, 9.17) is 0 Å². The average Bonchev–Trinajstić information content (AvgIpc) is 2.94. The van der Waals surface area contributed by atoms with Gasteiger partial charge in [0, 0.05) is 24.8 Å². The van der Waals surface area contributed by atoms with Crippen LogP contribution in [-0.4, -0.2) is 30.2 Å². The second-order valence-corrected chi connectivity index (χ2v) is 9.24. The van der Waals surface area contributed by atoms with Gasteiger partial charge >= 0.3 is 6.18 Å². The molecule has 0 saturated carbocycles. The molecule has 1 heterocycles. The molecule has 0 unspecified atom stereocenters. The molecule has 39 heavy (non-hydrogen) atoms. The summed E-state index contributed by atoms with van der Waals surface area (Å²) in [6, 6.07) is 12.1. The summed E-state index contributed by atoms with van der Waals surface area (Å²) in [5.41, 5.74) is 0.291. The van der Waals surface area contributed by atoms with Crippen molar-refractivity contribution in [3.63, 3.8) is 0 Å². The number of nitrogens with zero attached hydrogens (tertiary/aromatic N) is 2. The van der Waals surface area contributed by atoms with Crippen molar-refractivity contribution in [2.45, 2.75) is 52.2 Å². The number of amides is 1. The fraction of sp³-hybridized carbons (Fsp3) is 0.286. The molecule has 0 aliphatic heterocycles. The quantitative estimate of drug-likeness (QED) is 0.240. The van der Waals surface area contributed by atoms with Crippen LogP contribution in [0.4, 0.5) is 17.6 Å². The third-order valence-corrected chi connectivity index (χ3v) is 6.93. The second kappa shape index (κ2) is 15.0. The molecule has 11 heteroatoms. The third-order valence-electron chi connectivity index (χ3n) is 5.02. The molecule has 0 aliphatic rings. The Kier molecular flexibility index (Phi) is 12.8. The lowest BCUT2D eigenvalue weighted by atomic mass is 10.1. The van der Waals surface area contributed by atoms with Gasteiger partial charge in [-0.2, -0.15) is 13.2 Å². The van der Waals surface area contributed by atoms with Gasteiger partial charge in [0.25, 0.3) is 15.9 Å². The SMILES string of the molecule is C=C(C(=O)NCc1ccnc(-c2ccc(C(F)(F)F)cc2)c1)N(CC)S(=O)(=O)c1cccc(F)c1.CC.CC. The van der Waals surface area contributed by atoms with E-state index < -0.39 is 33.5 Å². The van der Waals surface area contributed by atoms with Crippen LogP contribution in [0.3, 0.4) is 0 Å². The van der Waals surface area contributed by atoms with Gasteiger partial charge in [-0.15, -0.1) is 0 Å². The normalized spacial score (nSPS) is 10.8. The number of hydrogen-bond donors (Lipinski definition) is 1. The van der Waals surface area contributed by atoms with Gasteiger partial charge in [0.1, 0.15) is 11.5 Å². The maximum Gasteiger partial charge on any atom is 0.416 e. The lowest BCUT2D eigenvalue weighted by Crippen LogP contribution is -2.38. The molecule has 3 rings (SSSR count). The molecule has 212 valence electrons. The van der Waals surface area contributed by atoms with Gasteiger partial charge in [-0.05, 0) is 55.0 Å². The largest absolute Gasteiger partial charge is 0.416 e. The van der Waals surface area contributed by atoms with Gasteiger partial charge in [0.05, 0.1) is 16.2 Å². The zero-order valence-corrected chi connectivity index (χ0v) is 23.3. The molecule has 0 atom stereocenters. The summed E-state index contributed by atoms with van der Waals surface area (Å²) in [5, 5.41) is 2.56. The summed E-state index contributed by atoms with van der Waals surface area (Å²) in [4.78, 5) is 16.5. The summed E-state index contributed by atoms with van der Waals surface area (Å²) < 4.78 is 78.4. The first kappa shape index (κ1) is 33.3. The Morgan fingerprint density at radius 1 is 1.00 bits per heavy atom. The van der Waals surface area contributed by atoms with Gasteiger partial charge in [-0.3, -0.25) is 14.1 Å². The van der Waals surface area contributed by atoms with Gasteiger partial charge in [0.15, 0.2) is 0 Å². The van der Waals surface area contributed by atoms with Crippen molar-refractivity contribution in [2.75, 3.05) is 6.54 Å². The number of carbonyl (C=O) groups excluding carboxylic acids is 1. The molecule has 6 nitrogen and oxygen atoms in total. The van der Waals surface area contributed by atoms with E-state index in [2.05, 4.69) is 16.9 Å². The number of carbonyl (C=O) groups is 1. The minimum Gasteiger partial charge on any atom is -0.347 e. The highest BCUT2D eigenvalue weighted by molar-refractivity contribution is 7.89. The number of nitrogens with one attached hydrogen (secondary N) is 1. The van der Waals surface area contributed by atoms with Crippen molar-refractivity contribution in [1.82, 2.24) is 14.6 Å². The van der Waals surface area contributed by atoms with E-state index >= 15 is 0 Å². The first-order chi connectivity index (χ1) is 18.4. The van der Waals surface area contributed by atoms with Crippen LogP contribution in [0.5, 0.6) is 0 Å². The Bertz CT molecular complexity index is 1340. The Hall–Kier alpha value is -3.73. The fourth-order valence-electron chi connectivity index (χ4n) is 3.23. The second-order valence-electron chi connectivity index (χ2n) is 7.38. The van der Waals surface area contributed by atoms with E-state index in [0.717, 1.165) is 28.6 Å². The van der Waals surface area contributed by atoms with Crippen LogP contribution in [0, 0.1) is 5.82 Å². The van der Waals surface area contributed by atoms with Crippen molar-refractivity contribution in [1.29, 1.82) is 0 Å². The highest BCUT2D eigenvalue weighted by Crippen LogP contribution is 2.30. The molecule has 0 radical (unpaired) electrons.